The summed E-state index contributed by atoms with van der Waals surface area (Å²) in [5.41, 5.74) is 6.26. The molecule has 0 saturated carbocycles. The van der Waals surface area contributed by atoms with Gasteiger partial charge in [0.2, 0.25) is 0 Å². The number of nitrogens with zero attached hydrogens (tertiary/aromatic N) is 1. The molecule has 2 N–H and O–H groups in total. The second kappa shape index (κ2) is 15.8. The number of thiocarbonyl (C=S) groups is 1. The summed E-state index contributed by atoms with van der Waals surface area (Å²) >= 11 is 4.86. The normalized spacial score (nSPS) is 9.68. The Balaban J connectivity index is 0.000000546. The van der Waals surface area contributed by atoms with Gasteiger partial charge >= 0.3 is 11.9 Å². The Bertz CT molecular complexity index is 981. The van der Waals surface area contributed by atoms with Gasteiger partial charge in [0.15, 0.2) is 0 Å². The van der Waals surface area contributed by atoms with Crippen molar-refractivity contribution < 1.29 is 38.5 Å². The molecular weight excluding hydrogens is 468 g/mol. The molecule has 0 radical (unpaired) electrons. The summed E-state index contributed by atoms with van der Waals surface area (Å²) in [6.07, 6.45) is 1.17. The third-order valence-electron chi connectivity index (χ3n) is 3.84. The molecule has 2 rings (SSSR count). The minimum Gasteiger partial charge on any atom is -0.426 e. The van der Waals surface area contributed by atoms with Crippen molar-refractivity contribution >= 4 is 35.4 Å². The number of methoxy groups -OCH3 is 1. The van der Waals surface area contributed by atoms with Crippen LogP contribution in [-0.2, 0) is 19.2 Å². The fourth-order valence-electron chi connectivity index (χ4n) is 2.27. The van der Waals surface area contributed by atoms with Gasteiger partial charge in [0.05, 0.1) is 13.0 Å². The number of aldehydes is 1. The Kier molecular flexibility index (Phi) is 13.1. The molecule has 0 spiro atoms. The van der Waals surface area contributed by atoms with E-state index in [4.69, 9.17) is 27.4 Å². The zero-order valence-electron chi connectivity index (χ0n) is 18.3. The van der Waals surface area contributed by atoms with Crippen LogP contribution in [0.5, 0.6) is 11.5 Å². The van der Waals surface area contributed by atoms with E-state index in [-0.39, 0.29) is 35.7 Å². The van der Waals surface area contributed by atoms with Gasteiger partial charge in [0, 0.05) is 25.7 Å². The van der Waals surface area contributed by atoms with Gasteiger partial charge < -0.3 is 29.6 Å². The van der Waals surface area contributed by atoms with E-state index in [0.717, 1.165) is 0 Å². The number of rotatable bonds is 12. The predicted molar refractivity (Wildman–Crippen MR) is 124 cm³/mol. The lowest BCUT2D eigenvalue weighted by molar-refractivity contribution is -0.757. The van der Waals surface area contributed by atoms with Crippen LogP contribution in [-0.4, -0.2) is 48.6 Å². The molecular formula is C22H24N2O9S. The van der Waals surface area contributed by atoms with E-state index in [1.807, 2.05) is 0 Å². The second-order valence-electron chi connectivity index (χ2n) is 6.36. The number of benzene rings is 2. The number of nitrogens with two attached hydrogens (primary N) is 1. The van der Waals surface area contributed by atoms with Crippen molar-refractivity contribution in [3.63, 3.8) is 0 Å². The molecule has 0 bridgehead atoms. The van der Waals surface area contributed by atoms with Crippen LogP contribution in [0.25, 0.3) is 0 Å². The molecule has 12 heteroatoms. The van der Waals surface area contributed by atoms with E-state index in [2.05, 4.69) is 9.57 Å². The van der Waals surface area contributed by atoms with E-state index in [1.54, 1.807) is 36.4 Å². The maximum atomic E-state index is 12.3. The lowest BCUT2D eigenvalue weighted by atomic mass is 10.2. The molecule has 34 heavy (non-hydrogen) atoms. The second-order valence-corrected chi connectivity index (χ2v) is 6.80. The van der Waals surface area contributed by atoms with Gasteiger partial charge in [-0.2, -0.15) is 0 Å². The Hall–Kier alpha value is -3.90. The first-order valence-corrected chi connectivity index (χ1v) is 10.3. The van der Waals surface area contributed by atoms with Crippen molar-refractivity contribution in [3.05, 3.63) is 69.8 Å². The third-order valence-corrected chi connectivity index (χ3v) is 4.07. The largest absolute Gasteiger partial charge is 0.426 e. The molecule has 0 amide bonds. The fraction of sp³-hybridized carbons (Fsp3) is 0.273. The summed E-state index contributed by atoms with van der Waals surface area (Å²) in [5.74, 6) is -0.912. The van der Waals surface area contributed by atoms with Crippen LogP contribution in [0, 0.1) is 10.1 Å². The van der Waals surface area contributed by atoms with E-state index in [0.29, 0.717) is 30.6 Å². The maximum Gasteiger partial charge on any atom is 0.347 e. The van der Waals surface area contributed by atoms with Crippen LogP contribution in [0.4, 0.5) is 0 Å². The van der Waals surface area contributed by atoms with Gasteiger partial charge in [-0.1, -0.05) is 24.4 Å². The SMILES string of the molecule is COCCCO[N+](=O)[O-].NC(=S)c1ccc(OC(=O)c2ccccc2OC(=O)CCC=O)cc1. The van der Waals surface area contributed by atoms with Crippen LogP contribution in [0.15, 0.2) is 48.5 Å². The van der Waals surface area contributed by atoms with Crippen LogP contribution >= 0.6 is 12.2 Å². The van der Waals surface area contributed by atoms with Gasteiger partial charge in [-0.15, -0.1) is 10.1 Å². The average molecular weight is 493 g/mol. The van der Waals surface area contributed by atoms with E-state index in [1.165, 1.54) is 19.2 Å². The fourth-order valence-corrected chi connectivity index (χ4v) is 2.40. The molecule has 0 heterocycles. The molecule has 0 atom stereocenters. The highest BCUT2D eigenvalue weighted by Gasteiger charge is 2.17. The predicted octanol–water partition coefficient (Wildman–Crippen LogP) is 2.66. The standard InChI is InChI=1S/C18H15NO5S.C4H9NO4/c19-17(25)12-7-9-13(10-8-12)23-18(22)14-4-1-2-5-15(14)24-16(21)6-3-11-20;1-8-3-2-4-9-5(6)7/h1-2,4-5,7-11H,3,6H2,(H2,19,25);2-4H2,1H3. The Morgan fingerprint density at radius 1 is 1.09 bits per heavy atom. The lowest BCUT2D eigenvalue weighted by Crippen LogP contribution is -2.14. The van der Waals surface area contributed by atoms with E-state index in [9.17, 15) is 24.5 Å². The van der Waals surface area contributed by atoms with Crippen molar-refractivity contribution in [1.29, 1.82) is 0 Å². The summed E-state index contributed by atoms with van der Waals surface area (Å²) in [5, 5.41) is 8.70. The molecule has 0 aliphatic heterocycles. The Morgan fingerprint density at radius 2 is 1.76 bits per heavy atom. The lowest BCUT2D eigenvalue weighted by Gasteiger charge is -2.10. The van der Waals surface area contributed by atoms with E-state index >= 15 is 0 Å². The van der Waals surface area contributed by atoms with Crippen molar-refractivity contribution in [2.75, 3.05) is 20.3 Å². The number of para-hydroxylation sites is 1. The van der Waals surface area contributed by atoms with Crippen molar-refractivity contribution in [2.24, 2.45) is 5.73 Å². The number of carbonyl (C=O) groups excluding carboxylic acids is 3. The molecule has 0 aliphatic carbocycles. The molecule has 2 aromatic carbocycles. The van der Waals surface area contributed by atoms with Gasteiger partial charge in [-0.3, -0.25) is 4.79 Å². The average Bonchev–Trinajstić information content (AvgIpc) is 2.81. The smallest absolute Gasteiger partial charge is 0.347 e. The monoisotopic (exact) mass is 492 g/mol. The first-order chi connectivity index (χ1) is 16.3. The molecule has 11 nitrogen and oxygen atoms in total. The van der Waals surface area contributed by atoms with Crippen molar-refractivity contribution in [3.8, 4) is 11.5 Å². The Labute approximate surface area is 200 Å². The zero-order chi connectivity index (χ0) is 25.3. The molecule has 0 unspecified atom stereocenters. The molecule has 2 aromatic rings. The summed E-state index contributed by atoms with van der Waals surface area (Å²) in [6.45, 7) is 0.606. The summed E-state index contributed by atoms with van der Waals surface area (Å²) in [4.78, 5) is 48.0. The first kappa shape index (κ1) is 28.1. The highest BCUT2D eigenvalue weighted by molar-refractivity contribution is 7.80. The highest BCUT2D eigenvalue weighted by atomic mass is 32.1. The van der Waals surface area contributed by atoms with Crippen LogP contribution in [0.3, 0.4) is 0 Å². The van der Waals surface area contributed by atoms with Gasteiger partial charge in [0.1, 0.15) is 28.3 Å². The van der Waals surface area contributed by atoms with E-state index < -0.39 is 17.0 Å². The molecule has 182 valence electrons. The van der Waals surface area contributed by atoms with Crippen LogP contribution in [0.1, 0.15) is 35.2 Å². The van der Waals surface area contributed by atoms with Crippen molar-refractivity contribution in [2.45, 2.75) is 19.3 Å². The third kappa shape index (κ3) is 11.1. The van der Waals surface area contributed by atoms with Gasteiger partial charge in [0.25, 0.3) is 5.09 Å². The molecule has 0 aliphatic rings. The quantitative estimate of drug-likeness (QED) is 0.0883. The molecule has 0 aromatic heterocycles. The number of esters is 2. The summed E-state index contributed by atoms with van der Waals surface area (Å²) < 4.78 is 15.0. The van der Waals surface area contributed by atoms with Crippen LogP contribution < -0.4 is 15.2 Å². The van der Waals surface area contributed by atoms with Gasteiger partial charge in [-0.25, -0.2) is 4.79 Å². The van der Waals surface area contributed by atoms with Crippen LogP contribution in [0.2, 0.25) is 0 Å². The topological polar surface area (TPSA) is 157 Å². The van der Waals surface area contributed by atoms with Gasteiger partial charge in [-0.05, 0) is 42.8 Å². The summed E-state index contributed by atoms with van der Waals surface area (Å²) in [7, 11) is 1.53. The molecule has 0 saturated heterocycles. The first-order valence-electron chi connectivity index (χ1n) is 9.90. The van der Waals surface area contributed by atoms with Crippen molar-refractivity contribution in [1.82, 2.24) is 0 Å². The Morgan fingerprint density at radius 3 is 2.35 bits per heavy atom. The minimum atomic E-state index is -0.810. The molecule has 0 fully saturated rings. The number of hydrogen-bond donors (Lipinski definition) is 1. The zero-order valence-corrected chi connectivity index (χ0v) is 19.2. The highest BCUT2D eigenvalue weighted by Crippen LogP contribution is 2.22. The number of carbonyl (C=O) groups is 3. The number of hydrogen-bond acceptors (Lipinski definition) is 10. The minimum absolute atomic E-state index is 0.0564. The maximum absolute atomic E-state index is 12.3. The summed E-state index contributed by atoms with van der Waals surface area (Å²) in [6, 6.07) is 12.6. The number of ether oxygens (including phenoxy) is 3.